The molecule has 1 unspecified atom stereocenters. The van der Waals surface area contributed by atoms with Gasteiger partial charge in [0.2, 0.25) is 0 Å². The lowest BCUT2D eigenvalue weighted by Crippen LogP contribution is -2.33. The highest BCUT2D eigenvalue weighted by atomic mass is 15.1. The molecule has 2 heterocycles. The number of rotatable bonds is 6. The van der Waals surface area contributed by atoms with E-state index in [-0.39, 0.29) is 0 Å². The van der Waals surface area contributed by atoms with E-state index in [9.17, 15) is 0 Å². The van der Waals surface area contributed by atoms with Gasteiger partial charge in [0, 0.05) is 27.8 Å². The van der Waals surface area contributed by atoms with E-state index < -0.39 is 5.41 Å². The van der Waals surface area contributed by atoms with Crippen molar-refractivity contribution in [2.45, 2.75) is 5.41 Å². The first kappa shape index (κ1) is 35.5. The normalized spacial score (nSPS) is 14.4. The zero-order chi connectivity index (χ0) is 41.5. The van der Waals surface area contributed by atoms with Gasteiger partial charge in [0.25, 0.3) is 0 Å². The lowest BCUT2D eigenvalue weighted by molar-refractivity contribution is 0.748. The van der Waals surface area contributed by atoms with E-state index in [0.717, 1.165) is 17.1 Å². The van der Waals surface area contributed by atoms with Gasteiger partial charge in [-0.15, -0.1) is 0 Å². The third kappa shape index (κ3) is 5.25. The fourth-order valence-corrected chi connectivity index (χ4v) is 10.9. The van der Waals surface area contributed by atoms with Crippen LogP contribution < -0.4 is 4.90 Å². The van der Waals surface area contributed by atoms with Crippen molar-refractivity contribution >= 4 is 38.9 Å². The van der Waals surface area contributed by atoms with Crippen molar-refractivity contribution in [3.05, 3.63) is 265 Å². The minimum atomic E-state index is -0.546. The van der Waals surface area contributed by atoms with Crippen LogP contribution in [0.15, 0.2) is 243 Å². The monoisotopic (exact) mass is 800 g/mol. The number of anilines is 3. The van der Waals surface area contributed by atoms with Gasteiger partial charge < -0.3 is 9.47 Å². The van der Waals surface area contributed by atoms with Gasteiger partial charge in [0.1, 0.15) is 0 Å². The maximum Gasteiger partial charge on any atom is 0.0755 e. The SMILES string of the molecule is c1ccc(-c2ccc(-c3ccc(N(c4cccc(-c5ccccc5)c4)c4ccc5c(c4)C4(c6ccccc6-5)c5ccccc5-n5c6ccccc6c6cccc4c65)cc3)cc2)cc1. The molecule has 0 amide bonds. The highest BCUT2D eigenvalue weighted by molar-refractivity contribution is 6.13. The highest BCUT2D eigenvalue weighted by Gasteiger charge is 2.51. The Labute approximate surface area is 367 Å². The predicted molar refractivity (Wildman–Crippen MR) is 263 cm³/mol. The summed E-state index contributed by atoms with van der Waals surface area (Å²) in [6.45, 7) is 0. The van der Waals surface area contributed by atoms with E-state index in [4.69, 9.17) is 0 Å². The Hall–Kier alpha value is -8.20. The van der Waals surface area contributed by atoms with Crippen LogP contribution in [-0.4, -0.2) is 4.57 Å². The lowest BCUT2D eigenvalue weighted by Gasteiger charge is -2.40. The van der Waals surface area contributed by atoms with Gasteiger partial charge >= 0.3 is 0 Å². The van der Waals surface area contributed by atoms with Crippen molar-refractivity contribution in [1.29, 1.82) is 0 Å². The van der Waals surface area contributed by atoms with Gasteiger partial charge in [-0.25, -0.2) is 0 Å². The summed E-state index contributed by atoms with van der Waals surface area (Å²) in [6.07, 6.45) is 0. The van der Waals surface area contributed by atoms with Crippen molar-refractivity contribution in [2.75, 3.05) is 4.90 Å². The summed E-state index contributed by atoms with van der Waals surface area (Å²) in [5.41, 5.74) is 21.5. The van der Waals surface area contributed by atoms with E-state index in [1.54, 1.807) is 0 Å². The maximum atomic E-state index is 2.52. The van der Waals surface area contributed by atoms with Crippen molar-refractivity contribution in [1.82, 2.24) is 4.57 Å². The Kier molecular flexibility index (Phi) is 7.85. The topological polar surface area (TPSA) is 8.17 Å². The molecule has 13 rings (SSSR count). The second-order valence-electron chi connectivity index (χ2n) is 16.8. The Bertz CT molecular complexity index is 3550. The van der Waals surface area contributed by atoms with Crippen molar-refractivity contribution in [3.63, 3.8) is 0 Å². The summed E-state index contributed by atoms with van der Waals surface area (Å²) in [7, 11) is 0. The second-order valence-corrected chi connectivity index (χ2v) is 16.8. The Morgan fingerprint density at radius 1 is 0.302 bits per heavy atom. The molecule has 1 aliphatic heterocycles. The molecule has 0 N–H and O–H groups in total. The molecular formula is C61H40N2. The van der Waals surface area contributed by atoms with E-state index in [2.05, 4.69) is 252 Å². The van der Waals surface area contributed by atoms with Crippen molar-refractivity contribution < 1.29 is 0 Å². The maximum absolute atomic E-state index is 2.52. The molecule has 1 aliphatic carbocycles. The standard InChI is InChI=1S/C61H40N2/c1-3-15-41(16-4-1)43-29-31-44(32-30-43)45-33-35-47(36-34-45)62(48-20-13-19-46(39-48)42-17-5-2-6-18-42)49-37-38-51-50-21-7-9-24-54(50)61(57(51)40-49)55-25-10-12-28-59(55)63-58-27-11-8-22-52(58)53-23-14-26-56(61)60(53)63/h1-40H. The molecule has 0 bridgehead atoms. The quantitative estimate of drug-likeness (QED) is 0.163. The first-order chi connectivity index (χ1) is 31.3. The number of nitrogens with zero attached hydrogens (tertiary/aromatic N) is 2. The fraction of sp³-hybridized carbons (Fsp3) is 0.0164. The van der Waals surface area contributed by atoms with Crippen LogP contribution in [0.25, 0.3) is 72.0 Å². The molecule has 1 atom stereocenters. The molecule has 2 nitrogen and oxygen atoms in total. The van der Waals surface area contributed by atoms with Crippen molar-refractivity contribution in [2.24, 2.45) is 0 Å². The first-order valence-corrected chi connectivity index (χ1v) is 21.8. The molecule has 11 aromatic rings. The van der Waals surface area contributed by atoms with Crippen LogP contribution in [0.3, 0.4) is 0 Å². The molecule has 1 spiro atoms. The molecular weight excluding hydrogens is 761 g/mol. The molecule has 1 aromatic heterocycles. The van der Waals surface area contributed by atoms with Gasteiger partial charge in [-0.2, -0.15) is 0 Å². The largest absolute Gasteiger partial charge is 0.310 e. The number of aromatic nitrogens is 1. The van der Waals surface area contributed by atoms with Gasteiger partial charge in [-0.3, -0.25) is 0 Å². The molecule has 2 heteroatoms. The fourth-order valence-electron chi connectivity index (χ4n) is 10.9. The van der Waals surface area contributed by atoms with E-state index in [1.165, 1.54) is 94.3 Å². The van der Waals surface area contributed by atoms with Gasteiger partial charge in [0.15, 0.2) is 0 Å². The molecule has 0 fully saturated rings. The molecule has 10 aromatic carbocycles. The minimum absolute atomic E-state index is 0.546. The average Bonchev–Trinajstić information content (AvgIpc) is 3.85. The minimum Gasteiger partial charge on any atom is -0.310 e. The highest BCUT2D eigenvalue weighted by Crippen LogP contribution is 2.61. The van der Waals surface area contributed by atoms with Crippen LogP contribution in [0, 0.1) is 0 Å². The number of benzene rings is 10. The van der Waals surface area contributed by atoms with Crippen LogP contribution >= 0.6 is 0 Å². The molecule has 0 saturated carbocycles. The average molecular weight is 801 g/mol. The Morgan fingerprint density at radius 3 is 1.57 bits per heavy atom. The third-order valence-corrected chi connectivity index (χ3v) is 13.6. The van der Waals surface area contributed by atoms with Crippen molar-refractivity contribution in [3.8, 4) is 50.2 Å². The molecule has 0 radical (unpaired) electrons. The number of fused-ring (bicyclic) bond motifs is 12. The summed E-state index contributed by atoms with van der Waals surface area (Å²) in [5, 5.41) is 2.56. The van der Waals surface area contributed by atoms with Crippen LogP contribution in [0.1, 0.15) is 22.3 Å². The third-order valence-electron chi connectivity index (χ3n) is 13.6. The lowest BCUT2D eigenvalue weighted by atomic mass is 9.65. The van der Waals surface area contributed by atoms with E-state index in [0.29, 0.717) is 0 Å². The zero-order valence-electron chi connectivity index (χ0n) is 34.5. The summed E-state index contributed by atoms with van der Waals surface area (Å²) in [5.74, 6) is 0. The first-order valence-electron chi connectivity index (χ1n) is 21.8. The number of hydrogen-bond donors (Lipinski definition) is 0. The Balaban J connectivity index is 1.02. The van der Waals surface area contributed by atoms with Crippen LogP contribution in [0.2, 0.25) is 0 Å². The van der Waals surface area contributed by atoms with Crippen LogP contribution in [-0.2, 0) is 5.41 Å². The summed E-state index contributed by atoms with van der Waals surface area (Å²) < 4.78 is 2.52. The number of hydrogen-bond acceptors (Lipinski definition) is 1. The predicted octanol–water partition coefficient (Wildman–Crippen LogP) is 15.9. The summed E-state index contributed by atoms with van der Waals surface area (Å²) >= 11 is 0. The molecule has 63 heavy (non-hydrogen) atoms. The smallest absolute Gasteiger partial charge is 0.0755 e. The summed E-state index contributed by atoms with van der Waals surface area (Å²) in [6, 6.07) is 89.5. The van der Waals surface area contributed by atoms with Gasteiger partial charge in [-0.05, 0) is 115 Å². The van der Waals surface area contributed by atoms with Crippen LogP contribution in [0.4, 0.5) is 17.1 Å². The summed E-state index contributed by atoms with van der Waals surface area (Å²) in [4.78, 5) is 2.44. The molecule has 2 aliphatic rings. The zero-order valence-corrected chi connectivity index (χ0v) is 34.5. The van der Waals surface area contributed by atoms with E-state index >= 15 is 0 Å². The second kappa shape index (κ2) is 13.9. The van der Waals surface area contributed by atoms with Crippen LogP contribution in [0.5, 0.6) is 0 Å². The molecule has 294 valence electrons. The van der Waals surface area contributed by atoms with E-state index in [1.807, 2.05) is 0 Å². The van der Waals surface area contributed by atoms with Gasteiger partial charge in [-0.1, -0.05) is 194 Å². The molecule has 0 saturated heterocycles. The van der Waals surface area contributed by atoms with Gasteiger partial charge in [0.05, 0.1) is 22.1 Å². The Morgan fingerprint density at radius 2 is 0.810 bits per heavy atom. The number of para-hydroxylation sites is 3.